The van der Waals surface area contributed by atoms with Crippen LogP contribution in [-0.4, -0.2) is 31.9 Å². The molecule has 6 nitrogen and oxygen atoms in total. The van der Waals surface area contributed by atoms with Crippen LogP contribution < -0.4 is 5.32 Å². The van der Waals surface area contributed by atoms with Gasteiger partial charge in [-0.1, -0.05) is 72.4 Å². The highest BCUT2D eigenvalue weighted by molar-refractivity contribution is 7.99. The van der Waals surface area contributed by atoms with Crippen LogP contribution in [0.1, 0.15) is 0 Å². The van der Waals surface area contributed by atoms with E-state index < -0.39 is 0 Å². The maximum absolute atomic E-state index is 12.3. The zero-order valence-electron chi connectivity index (χ0n) is 14.9. The highest BCUT2D eigenvalue weighted by Gasteiger charge is 2.11. The number of amides is 1. The summed E-state index contributed by atoms with van der Waals surface area (Å²) >= 11 is 1.29. The van der Waals surface area contributed by atoms with Gasteiger partial charge in [0.15, 0.2) is 0 Å². The third kappa shape index (κ3) is 4.27. The number of anilines is 1. The van der Waals surface area contributed by atoms with E-state index in [1.165, 1.54) is 11.8 Å². The van der Waals surface area contributed by atoms with Crippen molar-refractivity contribution in [1.29, 1.82) is 0 Å². The number of nitrogens with one attached hydrogen (secondary N) is 1. The third-order valence-corrected chi connectivity index (χ3v) is 4.97. The zero-order valence-corrected chi connectivity index (χ0v) is 15.7. The predicted molar refractivity (Wildman–Crippen MR) is 110 cm³/mol. The van der Waals surface area contributed by atoms with Crippen molar-refractivity contribution < 1.29 is 4.79 Å². The number of aromatic nitrogens is 4. The molecule has 4 aromatic rings. The van der Waals surface area contributed by atoms with Gasteiger partial charge in [0, 0.05) is 5.69 Å². The van der Waals surface area contributed by atoms with E-state index in [0.717, 1.165) is 22.5 Å². The molecule has 4 rings (SSSR count). The molecule has 0 radical (unpaired) electrons. The molecule has 0 saturated heterocycles. The van der Waals surface area contributed by atoms with E-state index in [1.807, 2.05) is 72.8 Å². The summed E-state index contributed by atoms with van der Waals surface area (Å²) in [6.07, 6.45) is 0. The molecule has 0 saturated carbocycles. The van der Waals surface area contributed by atoms with Gasteiger partial charge in [-0.2, -0.15) is 4.68 Å². The minimum absolute atomic E-state index is 0.111. The monoisotopic (exact) mass is 387 g/mol. The smallest absolute Gasteiger partial charge is 0.234 e. The van der Waals surface area contributed by atoms with Gasteiger partial charge in [0.25, 0.3) is 0 Å². The molecule has 138 valence electrons. The van der Waals surface area contributed by atoms with Crippen LogP contribution >= 0.6 is 11.8 Å². The van der Waals surface area contributed by atoms with Crippen molar-refractivity contribution in [1.82, 2.24) is 20.2 Å². The van der Waals surface area contributed by atoms with Crippen LogP contribution in [0.4, 0.5) is 5.69 Å². The normalized spacial score (nSPS) is 10.6. The largest absolute Gasteiger partial charge is 0.325 e. The lowest BCUT2D eigenvalue weighted by Gasteiger charge is -2.07. The van der Waals surface area contributed by atoms with Crippen LogP contribution in [0.25, 0.3) is 16.8 Å². The summed E-state index contributed by atoms with van der Waals surface area (Å²) in [4.78, 5) is 12.3. The Morgan fingerprint density at radius 1 is 0.857 bits per heavy atom. The second-order valence-electron chi connectivity index (χ2n) is 5.99. The van der Waals surface area contributed by atoms with Gasteiger partial charge in [-0.3, -0.25) is 4.79 Å². The Bertz CT molecular complexity index is 1050. The molecule has 28 heavy (non-hydrogen) atoms. The van der Waals surface area contributed by atoms with E-state index in [0.29, 0.717) is 5.16 Å². The molecular weight excluding hydrogens is 370 g/mol. The Kier molecular flexibility index (Phi) is 5.44. The van der Waals surface area contributed by atoms with E-state index in [1.54, 1.807) is 4.68 Å². The van der Waals surface area contributed by atoms with Crippen molar-refractivity contribution in [2.24, 2.45) is 0 Å². The van der Waals surface area contributed by atoms with Gasteiger partial charge < -0.3 is 5.32 Å². The van der Waals surface area contributed by atoms with Crippen molar-refractivity contribution in [3.63, 3.8) is 0 Å². The number of para-hydroxylation sites is 1. The van der Waals surface area contributed by atoms with Gasteiger partial charge >= 0.3 is 0 Å². The summed E-state index contributed by atoms with van der Waals surface area (Å²) in [5, 5.41) is 15.2. The average molecular weight is 387 g/mol. The number of nitrogens with zero attached hydrogens (tertiary/aromatic N) is 4. The number of carbonyl (C=O) groups is 1. The second kappa shape index (κ2) is 8.49. The summed E-state index contributed by atoms with van der Waals surface area (Å²) in [6.45, 7) is 0. The fourth-order valence-electron chi connectivity index (χ4n) is 2.70. The summed E-state index contributed by atoms with van der Waals surface area (Å²) in [7, 11) is 0. The van der Waals surface area contributed by atoms with Gasteiger partial charge in [-0.15, -0.1) is 5.10 Å². The van der Waals surface area contributed by atoms with Crippen molar-refractivity contribution in [3.05, 3.63) is 84.9 Å². The maximum atomic E-state index is 12.3. The molecule has 3 aromatic carbocycles. The Morgan fingerprint density at radius 2 is 1.50 bits per heavy atom. The molecule has 0 atom stereocenters. The SMILES string of the molecule is O=C(CSc1nnnn1-c1ccccc1)Nc1ccc(-c2ccccc2)cc1. The number of rotatable bonds is 6. The van der Waals surface area contributed by atoms with E-state index in [2.05, 4.69) is 33.0 Å². The molecule has 0 unspecified atom stereocenters. The lowest BCUT2D eigenvalue weighted by molar-refractivity contribution is -0.113. The van der Waals surface area contributed by atoms with Gasteiger partial charge in [0.1, 0.15) is 0 Å². The third-order valence-electron chi connectivity index (χ3n) is 4.05. The first kappa shape index (κ1) is 17.9. The lowest BCUT2D eigenvalue weighted by atomic mass is 10.1. The minimum Gasteiger partial charge on any atom is -0.325 e. The Morgan fingerprint density at radius 3 is 2.21 bits per heavy atom. The molecule has 0 aliphatic rings. The molecule has 7 heteroatoms. The van der Waals surface area contributed by atoms with Crippen LogP contribution in [0.2, 0.25) is 0 Å². The number of hydrogen-bond donors (Lipinski definition) is 1. The van der Waals surface area contributed by atoms with Crippen molar-refractivity contribution in [3.8, 4) is 16.8 Å². The average Bonchev–Trinajstić information content (AvgIpc) is 3.23. The summed E-state index contributed by atoms with van der Waals surface area (Å²) in [6, 6.07) is 27.5. The fraction of sp³-hybridized carbons (Fsp3) is 0.0476. The number of thioether (sulfide) groups is 1. The topological polar surface area (TPSA) is 72.7 Å². The molecule has 0 bridgehead atoms. The fourth-order valence-corrected chi connectivity index (χ4v) is 3.39. The molecule has 1 N–H and O–H groups in total. The predicted octanol–water partition coefficient (Wildman–Crippen LogP) is 4.06. The Balaban J connectivity index is 1.36. The van der Waals surface area contributed by atoms with Crippen LogP contribution in [0, 0.1) is 0 Å². The summed E-state index contributed by atoms with van der Waals surface area (Å²) < 4.78 is 1.62. The molecule has 1 heterocycles. The van der Waals surface area contributed by atoms with Gasteiger partial charge in [0.2, 0.25) is 11.1 Å². The van der Waals surface area contributed by atoms with E-state index >= 15 is 0 Å². The summed E-state index contributed by atoms with van der Waals surface area (Å²) in [5.74, 6) is 0.105. The van der Waals surface area contributed by atoms with Crippen LogP contribution in [0.3, 0.4) is 0 Å². The zero-order chi connectivity index (χ0) is 19.2. The maximum Gasteiger partial charge on any atom is 0.234 e. The van der Waals surface area contributed by atoms with Crippen LogP contribution in [0.15, 0.2) is 90.1 Å². The van der Waals surface area contributed by atoms with Crippen molar-refractivity contribution >= 4 is 23.4 Å². The van der Waals surface area contributed by atoms with Gasteiger partial charge in [-0.05, 0) is 45.8 Å². The first-order valence-electron chi connectivity index (χ1n) is 8.71. The van der Waals surface area contributed by atoms with Gasteiger partial charge in [-0.25, -0.2) is 0 Å². The first-order valence-corrected chi connectivity index (χ1v) is 9.70. The molecule has 0 spiro atoms. The summed E-state index contributed by atoms with van der Waals surface area (Å²) in [5.41, 5.74) is 3.86. The molecule has 1 aromatic heterocycles. The van der Waals surface area contributed by atoms with E-state index in [9.17, 15) is 4.79 Å². The first-order chi connectivity index (χ1) is 13.8. The van der Waals surface area contributed by atoms with Crippen LogP contribution in [-0.2, 0) is 4.79 Å². The van der Waals surface area contributed by atoms with Gasteiger partial charge in [0.05, 0.1) is 11.4 Å². The Labute approximate surface area is 166 Å². The molecule has 0 aliphatic heterocycles. The van der Waals surface area contributed by atoms with E-state index in [-0.39, 0.29) is 11.7 Å². The quantitative estimate of drug-likeness (QED) is 0.505. The number of hydrogen-bond acceptors (Lipinski definition) is 5. The lowest BCUT2D eigenvalue weighted by Crippen LogP contribution is -2.14. The van der Waals surface area contributed by atoms with E-state index in [4.69, 9.17) is 0 Å². The molecule has 0 aliphatic carbocycles. The van der Waals surface area contributed by atoms with Crippen molar-refractivity contribution in [2.45, 2.75) is 5.16 Å². The minimum atomic E-state index is -0.111. The Hall–Kier alpha value is -3.45. The molecule has 1 amide bonds. The highest BCUT2D eigenvalue weighted by atomic mass is 32.2. The number of carbonyl (C=O) groups excluding carboxylic acids is 1. The second-order valence-corrected chi connectivity index (χ2v) is 6.93. The highest BCUT2D eigenvalue weighted by Crippen LogP contribution is 2.22. The van der Waals surface area contributed by atoms with Crippen LogP contribution in [0.5, 0.6) is 0 Å². The molecule has 0 fully saturated rings. The molecular formula is C21H17N5OS. The van der Waals surface area contributed by atoms with Crippen molar-refractivity contribution in [2.75, 3.05) is 11.1 Å². The standard InChI is InChI=1S/C21H17N5OS/c27-20(15-28-21-23-24-25-26(21)19-9-5-2-6-10-19)22-18-13-11-17(12-14-18)16-7-3-1-4-8-16/h1-14H,15H2,(H,22,27). The number of benzene rings is 3. The number of tetrazole rings is 1.